The molecule has 0 aliphatic heterocycles. The number of halogens is 4. The maximum absolute atomic E-state index is 12.0. The molecular weight excluding hydrogens is 358 g/mol. The van der Waals surface area contributed by atoms with E-state index in [2.05, 4.69) is 4.74 Å². The minimum atomic E-state index is -4.95. The number of hydrogen-bond donors (Lipinski definition) is 2. The number of H-pyrrole nitrogens is 1. The first-order chi connectivity index (χ1) is 7.70. The number of carboxylic acid groups (broad SMARTS) is 1. The van der Waals surface area contributed by atoms with Crippen LogP contribution in [0.2, 0.25) is 0 Å². The predicted molar refractivity (Wildman–Crippen MR) is 57.8 cm³/mol. The number of aromatic amines is 1. The number of hydrogen-bond acceptors (Lipinski definition) is 3. The third-order valence-corrected chi connectivity index (χ3v) is 2.79. The molecule has 0 bridgehead atoms. The second kappa shape index (κ2) is 4.94. The van der Waals surface area contributed by atoms with Gasteiger partial charge in [-0.25, -0.2) is 0 Å². The minimum absolute atomic E-state index is 0.147. The monoisotopic (exact) mass is 363 g/mol. The molecule has 9 heteroatoms. The molecule has 1 rings (SSSR count). The molecule has 0 aliphatic rings. The van der Waals surface area contributed by atoms with Crippen molar-refractivity contribution in [2.45, 2.75) is 12.8 Å². The highest BCUT2D eigenvalue weighted by atomic mass is 127. The summed E-state index contributed by atoms with van der Waals surface area (Å²) in [5.41, 5.74) is -0.976. The highest BCUT2D eigenvalue weighted by Gasteiger charge is 2.33. The summed E-state index contributed by atoms with van der Waals surface area (Å²) >= 11 is 1.46. The number of alkyl halides is 3. The molecule has 0 unspecified atom stereocenters. The van der Waals surface area contributed by atoms with Crippen LogP contribution >= 0.6 is 22.6 Å². The molecular formula is C8H5F3INO4. The second-order valence-corrected chi connectivity index (χ2v) is 3.97. The zero-order chi connectivity index (χ0) is 13.2. The fourth-order valence-electron chi connectivity index (χ4n) is 1.06. The Kier molecular flexibility index (Phi) is 4.01. The van der Waals surface area contributed by atoms with Gasteiger partial charge in [0.05, 0.1) is 9.99 Å². The molecule has 1 aromatic heterocycles. The van der Waals surface area contributed by atoms with Crippen LogP contribution in [-0.4, -0.2) is 22.4 Å². The summed E-state index contributed by atoms with van der Waals surface area (Å²) in [6, 6.07) is 0. The third kappa shape index (κ3) is 3.91. The summed E-state index contributed by atoms with van der Waals surface area (Å²) in [5.74, 6) is -2.08. The molecule has 0 aromatic carbocycles. The Bertz CT molecular complexity index is 497. The number of rotatable bonds is 3. The summed E-state index contributed by atoms with van der Waals surface area (Å²) < 4.78 is 39.6. The summed E-state index contributed by atoms with van der Waals surface area (Å²) in [6.45, 7) is 0. The van der Waals surface area contributed by atoms with Crippen molar-refractivity contribution in [2.24, 2.45) is 0 Å². The zero-order valence-electron chi connectivity index (χ0n) is 7.97. The van der Waals surface area contributed by atoms with Crippen molar-refractivity contribution in [1.29, 1.82) is 0 Å². The quantitative estimate of drug-likeness (QED) is 0.798. The van der Waals surface area contributed by atoms with E-state index >= 15 is 0 Å². The molecule has 0 radical (unpaired) electrons. The Labute approximate surface area is 106 Å². The Morgan fingerprint density at radius 2 is 2.12 bits per heavy atom. The topological polar surface area (TPSA) is 79.4 Å². The number of aliphatic carboxylic acids is 1. The smallest absolute Gasteiger partial charge is 0.481 e. The van der Waals surface area contributed by atoms with Gasteiger partial charge in [0.15, 0.2) is 5.75 Å². The first kappa shape index (κ1) is 13.8. The fraction of sp³-hybridized carbons (Fsp3) is 0.250. The van der Waals surface area contributed by atoms with Crippen LogP contribution in [0.1, 0.15) is 5.56 Å². The number of pyridine rings is 1. The van der Waals surface area contributed by atoms with Crippen LogP contribution in [0.3, 0.4) is 0 Å². The molecule has 17 heavy (non-hydrogen) atoms. The van der Waals surface area contributed by atoms with E-state index in [1.165, 1.54) is 22.6 Å². The molecule has 0 amide bonds. The molecule has 1 aromatic rings. The van der Waals surface area contributed by atoms with E-state index in [4.69, 9.17) is 5.11 Å². The van der Waals surface area contributed by atoms with Gasteiger partial charge in [0.2, 0.25) is 0 Å². The van der Waals surface area contributed by atoms with Gasteiger partial charge in [-0.3, -0.25) is 9.59 Å². The van der Waals surface area contributed by atoms with Crippen LogP contribution in [-0.2, 0) is 11.2 Å². The largest absolute Gasteiger partial charge is 0.573 e. The van der Waals surface area contributed by atoms with E-state index in [1.54, 1.807) is 0 Å². The summed E-state index contributed by atoms with van der Waals surface area (Å²) in [7, 11) is 0. The van der Waals surface area contributed by atoms with E-state index in [1.807, 2.05) is 4.98 Å². The Morgan fingerprint density at radius 1 is 1.53 bits per heavy atom. The SMILES string of the molecule is O=C(O)Cc1c(OC(F)(F)F)c[nH]c(=O)c1I. The molecule has 94 valence electrons. The average molecular weight is 363 g/mol. The van der Waals surface area contributed by atoms with Gasteiger partial charge in [0.1, 0.15) is 0 Å². The summed E-state index contributed by atoms with van der Waals surface area (Å²) in [6.07, 6.45) is -4.99. The number of carboxylic acids is 1. The third-order valence-electron chi connectivity index (χ3n) is 1.65. The predicted octanol–water partition coefficient (Wildman–Crippen LogP) is 1.51. The van der Waals surface area contributed by atoms with Gasteiger partial charge in [0, 0.05) is 11.8 Å². The lowest BCUT2D eigenvalue weighted by Crippen LogP contribution is -2.22. The van der Waals surface area contributed by atoms with Gasteiger partial charge in [-0.05, 0) is 22.6 Å². The van der Waals surface area contributed by atoms with Gasteiger partial charge in [0.25, 0.3) is 5.56 Å². The Balaban J connectivity index is 3.25. The zero-order valence-corrected chi connectivity index (χ0v) is 10.1. The highest BCUT2D eigenvalue weighted by Crippen LogP contribution is 2.27. The second-order valence-electron chi connectivity index (χ2n) is 2.89. The van der Waals surface area contributed by atoms with E-state index in [9.17, 15) is 22.8 Å². The Morgan fingerprint density at radius 3 is 2.59 bits per heavy atom. The van der Waals surface area contributed by atoms with Crippen molar-refractivity contribution in [1.82, 2.24) is 4.98 Å². The van der Waals surface area contributed by atoms with E-state index < -0.39 is 30.1 Å². The number of aromatic nitrogens is 1. The normalized spacial score (nSPS) is 11.3. The van der Waals surface area contributed by atoms with Gasteiger partial charge in [-0.15, -0.1) is 13.2 Å². The van der Waals surface area contributed by atoms with Crippen molar-refractivity contribution in [2.75, 3.05) is 0 Å². The highest BCUT2D eigenvalue weighted by molar-refractivity contribution is 14.1. The van der Waals surface area contributed by atoms with Crippen LogP contribution in [0.15, 0.2) is 11.0 Å². The first-order valence-corrected chi connectivity index (χ1v) is 5.16. The fourth-order valence-corrected chi connectivity index (χ4v) is 1.67. The molecule has 0 saturated heterocycles. The van der Waals surface area contributed by atoms with Crippen LogP contribution in [0, 0.1) is 3.57 Å². The maximum Gasteiger partial charge on any atom is 0.573 e. The van der Waals surface area contributed by atoms with Crippen molar-refractivity contribution in [3.63, 3.8) is 0 Å². The number of nitrogens with one attached hydrogen (secondary N) is 1. The summed E-state index contributed by atoms with van der Waals surface area (Å²) in [4.78, 5) is 23.7. The van der Waals surface area contributed by atoms with Gasteiger partial charge >= 0.3 is 12.3 Å². The molecule has 0 fully saturated rings. The lowest BCUT2D eigenvalue weighted by Gasteiger charge is -2.12. The van der Waals surface area contributed by atoms with E-state index in [0.717, 1.165) is 0 Å². The van der Waals surface area contributed by atoms with Crippen LogP contribution < -0.4 is 10.3 Å². The molecule has 0 spiro atoms. The molecule has 2 N–H and O–H groups in total. The lowest BCUT2D eigenvalue weighted by atomic mass is 10.2. The van der Waals surface area contributed by atoms with Crippen molar-refractivity contribution < 1.29 is 27.8 Å². The summed E-state index contributed by atoms with van der Waals surface area (Å²) in [5, 5.41) is 8.55. The lowest BCUT2D eigenvalue weighted by molar-refractivity contribution is -0.275. The Hall–Kier alpha value is -1.26. The number of carbonyl (C=O) groups is 1. The van der Waals surface area contributed by atoms with Crippen LogP contribution in [0.4, 0.5) is 13.2 Å². The first-order valence-electron chi connectivity index (χ1n) is 4.08. The van der Waals surface area contributed by atoms with Crippen molar-refractivity contribution in [3.05, 3.63) is 25.7 Å². The van der Waals surface area contributed by atoms with E-state index in [-0.39, 0.29) is 9.13 Å². The van der Waals surface area contributed by atoms with Gasteiger partial charge in [-0.2, -0.15) is 0 Å². The van der Waals surface area contributed by atoms with Gasteiger partial charge in [-0.1, -0.05) is 0 Å². The van der Waals surface area contributed by atoms with Crippen LogP contribution in [0.5, 0.6) is 5.75 Å². The molecule has 0 atom stereocenters. The number of ether oxygens (including phenoxy) is 1. The van der Waals surface area contributed by atoms with Crippen molar-refractivity contribution >= 4 is 28.6 Å². The minimum Gasteiger partial charge on any atom is -0.481 e. The molecule has 0 aliphatic carbocycles. The van der Waals surface area contributed by atoms with Crippen molar-refractivity contribution in [3.8, 4) is 5.75 Å². The molecule has 0 saturated carbocycles. The molecule has 5 nitrogen and oxygen atoms in total. The van der Waals surface area contributed by atoms with E-state index in [0.29, 0.717) is 6.20 Å². The maximum atomic E-state index is 12.0. The standard InChI is InChI=1S/C8H5F3INO4/c9-8(10,11)17-4-2-13-7(16)6(12)3(4)1-5(14)15/h2H,1H2,(H,13,16)(H,14,15). The van der Waals surface area contributed by atoms with Crippen LogP contribution in [0.25, 0.3) is 0 Å². The average Bonchev–Trinajstić information content (AvgIpc) is 2.15. The molecule has 1 heterocycles. The van der Waals surface area contributed by atoms with Gasteiger partial charge < -0.3 is 14.8 Å².